The third kappa shape index (κ3) is 5.83. The molecular weight excluding hydrogens is 238 g/mol. The topological polar surface area (TPSA) is 59.2 Å². The summed E-state index contributed by atoms with van der Waals surface area (Å²) in [6.45, 7) is 4.61. The van der Waals surface area contributed by atoms with Crippen LogP contribution < -0.4 is 5.73 Å². The highest BCUT2D eigenvalue weighted by Gasteiger charge is 2.17. The first kappa shape index (κ1) is 15.6. The Morgan fingerprint density at radius 2 is 2.16 bits per heavy atom. The van der Waals surface area contributed by atoms with Crippen molar-refractivity contribution < 1.29 is 4.79 Å². The number of nitrogens with two attached hydrogens (primary N) is 1. The third-order valence-corrected chi connectivity index (χ3v) is 3.24. The van der Waals surface area contributed by atoms with Gasteiger partial charge in [-0.25, -0.2) is 0 Å². The van der Waals surface area contributed by atoms with E-state index in [-0.39, 0.29) is 17.9 Å². The molecule has 0 aromatic carbocycles. The van der Waals surface area contributed by atoms with Crippen molar-refractivity contribution in [2.75, 3.05) is 7.05 Å². The number of aromatic nitrogens is 1. The van der Waals surface area contributed by atoms with Crippen LogP contribution in [0.2, 0.25) is 0 Å². The molecule has 2 unspecified atom stereocenters. The average Bonchev–Trinajstić information content (AvgIpc) is 2.38. The number of rotatable bonds is 7. The van der Waals surface area contributed by atoms with Gasteiger partial charge in [-0.15, -0.1) is 0 Å². The number of amides is 1. The highest BCUT2D eigenvalue weighted by atomic mass is 16.2. The Bertz CT molecular complexity index is 378. The van der Waals surface area contributed by atoms with Gasteiger partial charge in [0.15, 0.2) is 0 Å². The summed E-state index contributed by atoms with van der Waals surface area (Å²) < 4.78 is 0. The minimum atomic E-state index is 0.0559. The number of nitrogens with zero attached hydrogens (tertiary/aromatic N) is 2. The second-order valence-electron chi connectivity index (χ2n) is 5.36. The van der Waals surface area contributed by atoms with Crippen molar-refractivity contribution in [2.45, 2.75) is 45.7 Å². The molecular formula is C15H25N3O. The lowest BCUT2D eigenvalue weighted by Gasteiger charge is -2.21. The highest BCUT2D eigenvalue weighted by molar-refractivity contribution is 5.78. The molecule has 0 aliphatic carbocycles. The number of hydrogen-bond donors (Lipinski definition) is 1. The van der Waals surface area contributed by atoms with Crippen molar-refractivity contribution in [3.63, 3.8) is 0 Å². The van der Waals surface area contributed by atoms with Crippen molar-refractivity contribution >= 4 is 5.91 Å². The van der Waals surface area contributed by atoms with Gasteiger partial charge < -0.3 is 10.6 Å². The Morgan fingerprint density at radius 3 is 2.74 bits per heavy atom. The third-order valence-electron chi connectivity index (χ3n) is 3.24. The van der Waals surface area contributed by atoms with Crippen LogP contribution in [0.25, 0.3) is 0 Å². The second-order valence-corrected chi connectivity index (χ2v) is 5.36. The zero-order chi connectivity index (χ0) is 14.3. The van der Waals surface area contributed by atoms with Crippen molar-refractivity contribution in [3.8, 4) is 0 Å². The molecule has 19 heavy (non-hydrogen) atoms. The first-order valence-electron chi connectivity index (χ1n) is 6.90. The van der Waals surface area contributed by atoms with Crippen LogP contribution >= 0.6 is 0 Å². The Hall–Kier alpha value is -1.42. The molecule has 2 atom stereocenters. The molecule has 4 nitrogen and oxygen atoms in total. The largest absolute Gasteiger partial charge is 0.341 e. The zero-order valence-electron chi connectivity index (χ0n) is 12.2. The fourth-order valence-electron chi connectivity index (χ4n) is 2.09. The molecule has 0 radical (unpaired) electrons. The minimum absolute atomic E-state index is 0.0559. The van der Waals surface area contributed by atoms with Crippen LogP contribution in [0, 0.1) is 5.92 Å². The first-order valence-corrected chi connectivity index (χ1v) is 6.90. The fourth-order valence-corrected chi connectivity index (χ4v) is 2.09. The van der Waals surface area contributed by atoms with Crippen molar-refractivity contribution in [1.29, 1.82) is 0 Å². The number of pyridine rings is 1. The molecule has 1 heterocycles. The maximum atomic E-state index is 12.2. The summed E-state index contributed by atoms with van der Waals surface area (Å²) in [6.07, 6.45) is 6.42. The molecule has 0 bridgehead atoms. The van der Waals surface area contributed by atoms with Crippen LogP contribution in [-0.2, 0) is 11.3 Å². The van der Waals surface area contributed by atoms with Gasteiger partial charge in [0.25, 0.3) is 0 Å². The van der Waals surface area contributed by atoms with Crippen LogP contribution in [0.5, 0.6) is 0 Å². The van der Waals surface area contributed by atoms with E-state index in [4.69, 9.17) is 5.73 Å². The Balaban J connectivity index is 2.39. The van der Waals surface area contributed by atoms with Gasteiger partial charge >= 0.3 is 0 Å². The lowest BCUT2D eigenvalue weighted by molar-refractivity contribution is -0.134. The molecule has 1 rings (SSSR count). The maximum Gasteiger partial charge on any atom is 0.225 e. The quantitative estimate of drug-likeness (QED) is 0.820. The van der Waals surface area contributed by atoms with E-state index in [1.165, 1.54) is 0 Å². The van der Waals surface area contributed by atoms with Gasteiger partial charge in [-0.1, -0.05) is 19.4 Å². The van der Waals surface area contributed by atoms with Gasteiger partial charge in [0, 0.05) is 37.9 Å². The van der Waals surface area contributed by atoms with E-state index >= 15 is 0 Å². The summed E-state index contributed by atoms with van der Waals surface area (Å²) in [5.41, 5.74) is 6.77. The summed E-state index contributed by atoms with van der Waals surface area (Å²) in [4.78, 5) is 18.0. The summed E-state index contributed by atoms with van der Waals surface area (Å²) in [5, 5.41) is 0. The maximum absolute atomic E-state index is 12.2. The van der Waals surface area contributed by atoms with Crippen molar-refractivity contribution in [3.05, 3.63) is 30.1 Å². The van der Waals surface area contributed by atoms with Gasteiger partial charge in [0.05, 0.1) is 0 Å². The highest BCUT2D eigenvalue weighted by Crippen LogP contribution is 2.13. The van der Waals surface area contributed by atoms with Gasteiger partial charge in [-0.2, -0.15) is 0 Å². The lowest BCUT2D eigenvalue weighted by atomic mass is 10.0. The normalized spacial score (nSPS) is 13.9. The molecule has 2 N–H and O–H groups in total. The van der Waals surface area contributed by atoms with Crippen molar-refractivity contribution in [2.24, 2.45) is 11.7 Å². The number of carbonyl (C=O) groups excluding carboxylic acids is 1. The second kappa shape index (κ2) is 7.89. The van der Waals surface area contributed by atoms with Gasteiger partial charge in [-0.3, -0.25) is 9.78 Å². The predicted octanol–water partition coefficient (Wildman–Crippen LogP) is 2.19. The van der Waals surface area contributed by atoms with Gasteiger partial charge in [-0.05, 0) is 31.4 Å². The summed E-state index contributed by atoms with van der Waals surface area (Å²) in [6, 6.07) is 4.09. The minimum Gasteiger partial charge on any atom is -0.341 e. The smallest absolute Gasteiger partial charge is 0.225 e. The summed E-state index contributed by atoms with van der Waals surface area (Å²) in [5.74, 6) is 0.244. The average molecular weight is 263 g/mol. The van der Waals surface area contributed by atoms with E-state index in [1.54, 1.807) is 17.3 Å². The van der Waals surface area contributed by atoms with E-state index < -0.39 is 0 Å². The molecule has 0 fully saturated rings. The molecule has 1 amide bonds. The van der Waals surface area contributed by atoms with Crippen LogP contribution in [0.1, 0.15) is 38.7 Å². The standard InChI is InChI=1S/C15H25N3O/c1-12(6-4-7-13(2)16)15(19)18(3)11-14-8-5-9-17-10-14/h5,8-10,12-13H,4,6-7,11,16H2,1-3H3. The van der Waals surface area contributed by atoms with E-state index in [0.29, 0.717) is 6.54 Å². The number of hydrogen-bond acceptors (Lipinski definition) is 3. The van der Waals surface area contributed by atoms with Crippen LogP contribution in [0.3, 0.4) is 0 Å². The number of carbonyl (C=O) groups is 1. The Kier molecular flexibility index (Phi) is 6.50. The molecule has 0 saturated heterocycles. The van der Waals surface area contributed by atoms with Crippen LogP contribution in [0.4, 0.5) is 0 Å². The molecule has 1 aromatic rings. The van der Waals surface area contributed by atoms with E-state index in [0.717, 1.165) is 24.8 Å². The molecule has 0 aliphatic rings. The summed E-state index contributed by atoms with van der Waals surface area (Å²) in [7, 11) is 1.84. The Labute approximate surface area is 116 Å². The summed E-state index contributed by atoms with van der Waals surface area (Å²) >= 11 is 0. The molecule has 0 spiro atoms. The molecule has 106 valence electrons. The lowest BCUT2D eigenvalue weighted by Crippen LogP contribution is -2.31. The van der Waals surface area contributed by atoms with E-state index in [9.17, 15) is 4.79 Å². The SMILES string of the molecule is CC(N)CCCC(C)C(=O)N(C)Cc1cccnc1. The molecule has 0 aliphatic heterocycles. The Morgan fingerprint density at radius 1 is 1.42 bits per heavy atom. The molecule has 0 saturated carbocycles. The van der Waals surface area contributed by atoms with Crippen LogP contribution in [0.15, 0.2) is 24.5 Å². The van der Waals surface area contributed by atoms with Crippen LogP contribution in [-0.4, -0.2) is 28.9 Å². The zero-order valence-corrected chi connectivity index (χ0v) is 12.2. The van der Waals surface area contributed by atoms with E-state index in [2.05, 4.69) is 4.98 Å². The monoisotopic (exact) mass is 263 g/mol. The molecule has 4 heteroatoms. The van der Waals surface area contributed by atoms with Crippen molar-refractivity contribution in [1.82, 2.24) is 9.88 Å². The predicted molar refractivity (Wildman–Crippen MR) is 77.4 cm³/mol. The first-order chi connectivity index (χ1) is 9.00. The van der Waals surface area contributed by atoms with Gasteiger partial charge in [0.2, 0.25) is 5.91 Å². The van der Waals surface area contributed by atoms with Gasteiger partial charge in [0.1, 0.15) is 0 Å². The fraction of sp³-hybridized carbons (Fsp3) is 0.600. The van der Waals surface area contributed by atoms with E-state index in [1.807, 2.05) is 33.0 Å². The molecule has 1 aromatic heterocycles.